The molecule has 0 amide bonds. The molecule has 1 aliphatic heterocycles. The van der Waals surface area contributed by atoms with Gasteiger partial charge in [-0.15, -0.1) is 0 Å². The Bertz CT molecular complexity index is 545. The highest BCUT2D eigenvalue weighted by Crippen LogP contribution is 2.42. The lowest BCUT2D eigenvalue weighted by Crippen LogP contribution is -2.56. The molecular formula is C23H46O5Si2. The molecule has 0 aromatic carbocycles. The van der Waals surface area contributed by atoms with E-state index in [-0.39, 0.29) is 28.3 Å². The summed E-state index contributed by atoms with van der Waals surface area (Å²) in [7, 11) is -4.19. The minimum atomic E-state index is -2.09. The molecule has 0 spiro atoms. The Morgan fingerprint density at radius 2 is 1.30 bits per heavy atom. The van der Waals surface area contributed by atoms with E-state index in [4.69, 9.17) is 18.3 Å². The molecule has 1 saturated carbocycles. The molecule has 0 aromatic rings. The highest BCUT2D eigenvalue weighted by molar-refractivity contribution is 6.74. The summed E-state index contributed by atoms with van der Waals surface area (Å²) >= 11 is 0. The first-order valence-electron chi connectivity index (χ1n) is 11.7. The fraction of sp³-hybridized carbons (Fsp3) is 0.957. The summed E-state index contributed by atoms with van der Waals surface area (Å²) in [5, 5.41) is 0.0900. The van der Waals surface area contributed by atoms with Crippen LogP contribution in [0.4, 0.5) is 0 Å². The molecule has 7 heteroatoms. The molecule has 1 unspecified atom stereocenters. The van der Waals surface area contributed by atoms with E-state index < -0.39 is 28.8 Å². The lowest BCUT2D eigenvalue weighted by Gasteiger charge is -2.45. The highest BCUT2D eigenvalue weighted by Gasteiger charge is 2.48. The lowest BCUT2D eigenvalue weighted by molar-refractivity contribution is -0.203. The molecule has 2 rings (SSSR count). The van der Waals surface area contributed by atoms with Crippen LogP contribution >= 0.6 is 0 Å². The first-order chi connectivity index (χ1) is 13.5. The zero-order chi connectivity index (χ0) is 23.0. The summed E-state index contributed by atoms with van der Waals surface area (Å²) in [6, 6.07) is 0. The molecule has 0 radical (unpaired) electrons. The van der Waals surface area contributed by atoms with E-state index in [1.54, 1.807) is 0 Å². The Morgan fingerprint density at radius 3 is 1.67 bits per heavy atom. The number of carbonyl (C=O) groups is 1. The summed E-state index contributed by atoms with van der Waals surface area (Å²) in [5.41, 5.74) is 0. The normalized spacial score (nSPS) is 29.9. The van der Waals surface area contributed by atoms with Crippen molar-refractivity contribution < 1.29 is 23.1 Å². The number of carbonyl (C=O) groups excluding carboxylic acids is 1. The van der Waals surface area contributed by atoms with Crippen molar-refractivity contribution in [2.45, 2.75) is 135 Å². The van der Waals surface area contributed by atoms with Crippen molar-refractivity contribution in [3.8, 4) is 0 Å². The fourth-order valence-electron chi connectivity index (χ4n) is 3.43. The van der Waals surface area contributed by atoms with E-state index in [1.165, 1.54) is 0 Å². The van der Waals surface area contributed by atoms with Gasteiger partial charge < -0.3 is 18.3 Å². The van der Waals surface area contributed by atoms with Gasteiger partial charge in [-0.2, -0.15) is 0 Å². The Labute approximate surface area is 186 Å². The molecule has 0 bridgehead atoms. The van der Waals surface area contributed by atoms with E-state index in [1.807, 2.05) is 0 Å². The second-order valence-corrected chi connectivity index (χ2v) is 21.7. The SMILES string of the molecule is CC(C)(C)[Si](C)(C)O[C@@H]1CC(OC2CCCCO2)C[C@@H](O[Si](C)(C)C(C)(C)C)C1=O. The van der Waals surface area contributed by atoms with Gasteiger partial charge in [-0.3, -0.25) is 4.79 Å². The van der Waals surface area contributed by atoms with Gasteiger partial charge in [0.25, 0.3) is 0 Å². The molecule has 0 aromatic heterocycles. The molecule has 176 valence electrons. The third-order valence-corrected chi connectivity index (χ3v) is 16.5. The number of rotatable bonds is 6. The minimum Gasteiger partial charge on any atom is -0.407 e. The Kier molecular flexibility index (Phi) is 8.24. The highest BCUT2D eigenvalue weighted by atomic mass is 28.4. The number of ketones is 1. The van der Waals surface area contributed by atoms with Crippen LogP contribution in [0.15, 0.2) is 0 Å². The van der Waals surface area contributed by atoms with Crippen LogP contribution in [-0.4, -0.2) is 53.6 Å². The van der Waals surface area contributed by atoms with Crippen LogP contribution in [0.2, 0.25) is 36.3 Å². The van der Waals surface area contributed by atoms with Gasteiger partial charge >= 0.3 is 0 Å². The van der Waals surface area contributed by atoms with Crippen LogP contribution in [0.1, 0.15) is 73.6 Å². The number of Topliss-reactive ketones (excluding diaryl/α,β-unsaturated/α-hetero) is 1. The van der Waals surface area contributed by atoms with Crippen molar-refractivity contribution >= 4 is 22.4 Å². The van der Waals surface area contributed by atoms with Crippen molar-refractivity contribution in [3.63, 3.8) is 0 Å². The fourth-order valence-corrected chi connectivity index (χ4v) is 5.99. The minimum absolute atomic E-state index is 0.0450. The summed E-state index contributed by atoms with van der Waals surface area (Å²) in [6.45, 7) is 22.8. The van der Waals surface area contributed by atoms with Gasteiger partial charge in [0.1, 0.15) is 12.2 Å². The first kappa shape index (κ1) is 26.2. The van der Waals surface area contributed by atoms with E-state index in [0.717, 1.165) is 25.9 Å². The monoisotopic (exact) mass is 458 g/mol. The van der Waals surface area contributed by atoms with Crippen molar-refractivity contribution in [3.05, 3.63) is 0 Å². The van der Waals surface area contributed by atoms with E-state index >= 15 is 0 Å². The van der Waals surface area contributed by atoms with Crippen molar-refractivity contribution in [1.29, 1.82) is 0 Å². The second-order valence-electron chi connectivity index (χ2n) is 12.2. The maximum Gasteiger partial charge on any atom is 0.193 e. The summed E-state index contributed by atoms with van der Waals surface area (Å²) in [5.74, 6) is 0.106. The van der Waals surface area contributed by atoms with Crippen LogP contribution < -0.4 is 0 Å². The van der Waals surface area contributed by atoms with Gasteiger partial charge in [0.2, 0.25) is 0 Å². The molecule has 1 heterocycles. The molecule has 0 N–H and O–H groups in total. The van der Waals surface area contributed by atoms with Crippen LogP contribution in [0.5, 0.6) is 0 Å². The molecule has 2 aliphatic rings. The number of ether oxygens (including phenoxy) is 2. The predicted molar refractivity (Wildman–Crippen MR) is 127 cm³/mol. The summed E-state index contributed by atoms with van der Waals surface area (Å²) in [4.78, 5) is 13.5. The quantitative estimate of drug-likeness (QED) is 0.454. The molecule has 3 atom stereocenters. The Balaban J connectivity index is 2.21. The average Bonchev–Trinajstić information content (AvgIpc) is 2.57. The van der Waals surface area contributed by atoms with Crippen LogP contribution in [0, 0.1) is 0 Å². The largest absolute Gasteiger partial charge is 0.407 e. The van der Waals surface area contributed by atoms with Gasteiger partial charge in [0.15, 0.2) is 28.7 Å². The van der Waals surface area contributed by atoms with Crippen molar-refractivity contribution in [2.24, 2.45) is 0 Å². The van der Waals surface area contributed by atoms with Gasteiger partial charge in [-0.05, 0) is 55.5 Å². The zero-order valence-corrected chi connectivity index (χ0v) is 23.1. The molecular weight excluding hydrogens is 412 g/mol. The third kappa shape index (κ3) is 6.48. The van der Waals surface area contributed by atoms with E-state index in [2.05, 4.69) is 67.7 Å². The van der Waals surface area contributed by atoms with Crippen molar-refractivity contribution in [2.75, 3.05) is 6.61 Å². The topological polar surface area (TPSA) is 54.0 Å². The number of hydrogen-bond donors (Lipinski definition) is 0. The summed E-state index contributed by atoms with van der Waals surface area (Å²) < 4.78 is 25.4. The lowest BCUT2D eigenvalue weighted by atomic mass is 9.91. The maximum absolute atomic E-state index is 13.5. The third-order valence-electron chi connectivity index (χ3n) is 7.56. The average molecular weight is 459 g/mol. The van der Waals surface area contributed by atoms with Crippen molar-refractivity contribution in [1.82, 2.24) is 0 Å². The Hall–Kier alpha value is -0.0562. The van der Waals surface area contributed by atoms with Gasteiger partial charge in [-0.1, -0.05) is 41.5 Å². The van der Waals surface area contributed by atoms with Gasteiger partial charge in [0.05, 0.1) is 6.10 Å². The summed E-state index contributed by atoms with van der Waals surface area (Å²) in [6.07, 6.45) is 3.19. The molecule has 1 aliphatic carbocycles. The molecule has 5 nitrogen and oxygen atoms in total. The standard InChI is InChI=1S/C23H46O5Si2/c1-22(2,3)29(7,8)27-18-15-17(26-20-13-11-12-14-25-20)16-19(21(18)24)28-30(9,10)23(4,5)6/h17-20H,11-16H2,1-10H3/t18-,19-,20?/m1/s1. The number of hydrogen-bond acceptors (Lipinski definition) is 5. The second kappa shape index (κ2) is 9.43. The van der Waals surface area contributed by atoms with Gasteiger partial charge in [-0.25, -0.2) is 0 Å². The predicted octanol–water partition coefficient (Wildman–Crippen LogP) is 6.04. The molecule has 1 saturated heterocycles. The smallest absolute Gasteiger partial charge is 0.193 e. The zero-order valence-electron chi connectivity index (χ0n) is 21.1. The van der Waals surface area contributed by atoms with Crippen LogP contribution in [-0.2, 0) is 23.1 Å². The first-order valence-corrected chi connectivity index (χ1v) is 17.5. The van der Waals surface area contributed by atoms with Crippen LogP contribution in [0.3, 0.4) is 0 Å². The Morgan fingerprint density at radius 1 is 0.833 bits per heavy atom. The van der Waals surface area contributed by atoms with E-state index in [9.17, 15) is 4.79 Å². The molecule has 30 heavy (non-hydrogen) atoms. The van der Waals surface area contributed by atoms with Gasteiger partial charge in [0, 0.05) is 19.4 Å². The van der Waals surface area contributed by atoms with E-state index in [0.29, 0.717) is 12.8 Å². The van der Waals surface area contributed by atoms with Crippen LogP contribution in [0.25, 0.3) is 0 Å². The maximum atomic E-state index is 13.5. The molecule has 2 fully saturated rings.